The largest absolute Gasteiger partial charge is 0.382 e. The molecular weight excluding hydrogens is 236 g/mol. The summed E-state index contributed by atoms with van der Waals surface area (Å²) in [5.41, 5.74) is 6.10. The summed E-state index contributed by atoms with van der Waals surface area (Å²) in [5.74, 6) is 0.0950. The number of nitrogens with two attached hydrogens (primary N) is 1. The van der Waals surface area contributed by atoms with E-state index in [-0.39, 0.29) is 11.3 Å². The fourth-order valence-corrected chi connectivity index (χ4v) is 2.43. The van der Waals surface area contributed by atoms with Gasteiger partial charge in [-0.1, -0.05) is 19.1 Å². The summed E-state index contributed by atoms with van der Waals surface area (Å²) in [6.07, 6.45) is 0. The van der Waals surface area contributed by atoms with Crippen molar-refractivity contribution >= 4 is 15.5 Å². The molecule has 0 saturated carbocycles. The SMILES string of the molecule is CCS(=O)(=O)c1ccccc1NCC(C)(C)N. The molecule has 0 fully saturated rings. The van der Waals surface area contributed by atoms with Crippen LogP contribution in [-0.2, 0) is 9.84 Å². The molecule has 3 N–H and O–H groups in total. The van der Waals surface area contributed by atoms with Gasteiger partial charge in [-0.15, -0.1) is 0 Å². The topological polar surface area (TPSA) is 72.2 Å². The Balaban J connectivity index is 3.02. The van der Waals surface area contributed by atoms with Gasteiger partial charge in [0.25, 0.3) is 0 Å². The summed E-state index contributed by atoms with van der Waals surface area (Å²) in [7, 11) is -3.20. The van der Waals surface area contributed by atoms with Gasteiger partial charge in [-0.2, -0.15) is 0 Å². The standard InChI is InChI=1S/C12H20N2O2S/c1-4-17(15,16)11-8-6-5-7-10(11)14-9-12(2,3)13/h5-8,14H,4,9,13H2,1-3H3. The molecule has 1 rings (SSSR count). The van der Waals surface area contributed by atoms with Crippen LogP contribution in [0.4, 0.5) is 5.69 Å². The van der Waals surface area contributed by atoms with Crippen LogP contribution in [0.25, 0.3) is 0 Å². The van der Waals surface area contributed by atoms with Gasteiger partial charge in [0, 0.05) is 12.1 Å². The molecule has 5 heteroatoms. The van der Waals surface area contributed by atoms with Crippen LogP contribution in [0.2, 0.25) is 0 Å². The van der Waals surface area contributed by atoms with Crippen molar-refractivity contribution in [1.82, 2.24) is 0 Å². The Morgan fingerprint density at radius 2 is 1.88 bits per heavy atom. The Bertz CT molecular complexity index is 476. The van der Waals surface area contributed by atoms with Gasteiger partial charge in [0.2, 0.25) is 0 Å². The first-order valence-corrected chi connectivity index (χ1v) is 7.26. The van der Waals surface area contributed by atoms with Crippen LogP contribution >= 0.6 is 0 Å². The minimum absolute atomic E-state index is 0.0950. The van der Waals surface area contributed by atoms with Gasteiger partial charge >= 0.3 is 0 Å². The van der Waals surface area contributed by atoms with E-state index in [2.05, 4.69) is 5.32 Å². The molecule has 0 aliphatic rings. The lowest BCUT2D eigenvalue weighted by atomic mass is 10.1. The van der Waals surface area contributed by atoms with E-state index in [1.165, 1.54) is 0 Å². The second-order valence-corrected chi connectivity index (χ2v) is 6.99. The summed E-state index contributed by atoms with van der Waals surface area (Å²) >= 11 is 0. The third-order valence-electron chi connectivity index (χ3n) is 2.34. The van der Waals surface area contributed by atoms with Gasteiger partial charge in [0.05, 0.1) is 16.3 Å². The molecule has 17 heavy (non-hydrogen) atoms. The molecule has 96 valence electrons. The Morgan fingerprint density at radius 1 is 1.29 bits per heavy atom. The highest BCUT2D eigenvalue weighted by Gasteiger charge is 2.17. The van der Waals surface area contributed by atoms with E-state index in [1.54, 1.807) is 31.2 Å². The third kappa shape index (κ3) is 4.02. The van der Waals surface area contributed by atoms with Crippen molar-refractivity contribution in [2.24, 2.45) is 5.73 Å². The summed E-state index contributed by atoms with van der Waals surface area (Å²) < 4.78 is 23.8. The van der Waals surface area contributed by atoms with Crippen LogP contribution in [0, 0.1) is 0 Å². The molecule has 0 unspecified atom stereocenters. The highest BCUT2D eigenvalue weighted by atomic mass is 32.2. The number of nitrogens with one attached hydrogen (secondary N) is 1. The van der Waals surface area contributed by atoms with Crippen molar-refractivity contribution in [3.63, 3.8) is 0 Å². The number of anilines is 1. The van der Waals surface area contributed by atoms with E-state index in [1.807, 2.05) is 13.8 Å². The Labute approximate surface area is 103 Å². The maximum absolute atomic E-state index is 11.9. The van der Waals surface area contributed by atoms with Crippen LogP contribution in [-0.4, -0.2) is 26.3 Å². The molecule has 0 aliphatic carbocycles. The number of hydrogen-bond acceptors (Lipinski definition) is 4. The van der Waals surface area contributed by atoms with E-state index >= 15 is 0 Å². The zero-order valence-corrected chi connectivity index (χ0v) is 11.3. The number of rotatable bonds is 5. The lowest BCUT2D eigenvalue weighted by Crippen LogP contribution is -2.39. The van der Waals surface area contributed by atoms with E-state index in [0.29, 0.717) is 17.1 Å². The van der Waals surface area contributed by atoms with Gasteiger partial charge in [0.1, 0.15) is 0 Å². The highest BCUT2D eigenvalue weighted by molar-refractivity contribution is 7.91. The lowest BCUT2D eigenvalue weighted by molar-refractivity contribution is 0.548. The van der Waals surface area contributed by atoms with E-state index < -0.39 is 9.84 Å². The predicted molar refractivity (Wildman–Crippen MR) is 70.9 cm³/mol. The van der Waals surface area contributed by atoms with Crippen LogP contribution in [0.15, 0.2) is 29.2 Å². The Morgan fingerprint density at radius 3 is 2.41 bits per heavy atom. The first kappa shape index (κ1) is 14.0. The molecule has 0 amide bonds. The van der Waals surface area contributed by atoms with Gasteiger partial charge in [-0.3, -0.25) is 0 Å². The van der Waals surface area contributed by atoms with Gasteiger partial charge < -0.3 is 11.1 Å². The van der Waals surface area contributed by atoms with Crippen LogP contribution < -0.4 is 11.1 Å². The van der Waals surface area contributed by atoms with Crippen LogP contribution in [0.5, 0.6) is 0 Å². The van der Waals surface area contributed by atoms with Crippen molar-refractivity contribution in [3.8, 4) is 0 Å². The van der Waals surface area contributed by atoms with E-state index in [0.717, 1.165) is 0 Å². The molecule has 0 bridgehead atoms. The van der Waals surface area contributed by atoms with E-state index in [4.69, 9.17) is 5.73 Å². The predicted octanol–water partition coefficient (Wildman–Crippen LogP) is 1.63. The molecule has 0 aromatic heterocycles. The number of sulfone groups is 1. The monoisotopic (exact) mass is 256 g/mol. The zero-order chi connectivity index (χ0) is 13.1. The fourth-order valence-electron chi connectivity index (χ4n) is 1.36. The summed E-state index contributed by atoms with van der Waals surface area (Å²) in [6, 6.07) is 6.90. The molecule has 4 nitrogen and oxygen atoms in total. The average molecular weight is 256 g/mol. The van der Waals surface area contributed by atoms with E-state index in [9.17, 15) is 8.42 Å². The molecule has 0 atom stereocenters. The van der Waals surface area contributed by atoms with Crippen molar-refractivity contribution in [3.05, 3.63) is 24.3 Å². The molecule has 1 aromatic carbocycles. The molecule has 0 heterocycles. The van der Waals surface area contributed by atoms with Crippen molar-refractivity contribution in [2.75, 3.05) is 17.6 Å². The number of para-hydroxylation sites is 1. The molecule has 0 aliphatic heterocycles. The van der Waals surface area contributed by atoms with Crippen molar-refractivity contribution in [2.45, 2.75) is 31.2 Å². The number of hydrogen-bond donors (Lipinski definition) is 2. The van der Waals surface area contributed by atoms with Crippen molar-refractivity contribution < 1.29 is 8.42 Å². The molecule has 0 radical (unpaired) electrons. The number of benzene rings is 1. The zero-order valence-electron chi connectivity index (χ0n) is 10.5. The smallest absolute Gasteiger partial charge is 0.180 e. The molecule has 1 aromatic rings. The second-order valence-electron chi connectivity index (χ2n) is 4.74. The Kier molecular flexibility index (Phi) is 4.16. The molecule has 0 saturated heterocycles. The first-order chi connectivity index (χ1) is 7.76. The minimum atomic E-state index is -3.20. The lowest BCUT2D eigenvalue weighted by Gasteiger charge is -2.21. The van der Waals surface area contributed by atoms with Gasteiger partial charge in [-0.05, 0) is 26.0 Å². The maximum Gasteiger partial charge on any atom is 0.180 e. The fraction of sp³-hybridized carbons (Fsp3) is 0.500. The maximum atomic E-state index is 11.9. The third-order valence-corrected chi connectivity index (χ3v) is 4.12. The highest BCUT2D eigenvalue weighted by Crippen LogP contribution is 2.22. The first-order valence-electron chi connectivity index (χ1n) is 5.61. The van der Waals surface area contributed by atoms with Crippen molar-refractivity contribution in [1.29, 1.82) is 0 Å². The van der Waals surface area contributed by atoms with Crippen LogP contribution in [0.3, 0.4) is 0 Å². The second kappa shape index (κ2) is 5.06. The van der Waals surface area contributed by atoms with Gasteiger partial charge in [-0.25, -0.2) is 8.42 Å². The summed E-state index contributed by atoms with van der Waals surface area (Å²) in [6.45, 7) is 5.93. The summed E-state index contributed by atoms with van der Waals surface area (Å²) in [5, 5.41) is 3.09. The molecule has 0 spiro atoms. The Hall–Kier alpha value is -1.07. The quantitative estimate of drug-likeness (QED) is 0.840. The normalized spacial score (nSPS) is 12.5. The van der Waals surface area contributed by atoms with Gasteiger partial charge in [0.15, 0.2) is 9.84 Å². The average Bonchev–Trinajstić information content (AvgIpc) is 2.26. The molecular formula is C12H20N2O2S. The summed E-state index contributed by atoms with van der Waals surface area (Å²) in [4.78, 5) is 0.340. The minimum Gasteiger partial charge on any atom is -0.382 e. The van der Waals surface area contributed by atoms with Crippen LogP contribution in [0.1, 0.15) is 20.8 Å².